The third kappa shape index (κ3) is 2.81. The van der Waals surface area contributed by atoms with Crippen molar-refractivity contribution in [1.29, 1.82) is 5.26 Å². The van der Waals surface area contributed by atoms with E-state index in [9.17, 15) is 5.26 Å². The van der Waals surface area contributed by atoms with Crippen LogP contribution in [0.25, 0.3) is 0 Å². The lowest BCUT2D eigenvalue weighted by molar-refractivity contribution is 0.131. The maximum Gasteiger partial charge on any atom is 0.244 e. The Labute approximate surface area is 140 Å². The summed E-state index contributed by atoms with van der Waals surface area (Å²) < 4.78 is 11.3. The maximum atomic E-state index is 9.53. The van der Waals surface area contributed by atoms with Crippen LogP contribution < -0.4 is 15.2 Å². The molecule has 0 fully saturated rings. The molecule has 0 bridgehead atoms. The quantitative estimate of drug-likeness (QED) is 0.884. The second kappa shape index (κ2) is 5.60. The van der Waals surface area contributed by atoms with Crippen molar-refractivity contribution in [3.63, 3.8) is 0 Å². The Hall–Kier alpha value is -2.94. The van der Waals surface area contributed by atoms with Crippen molar-refractivity contribution in [1.82, 2.24) is 10.2 Å². The van der Waals surface area contributed by atoms with Gasteiger partial charge in [-0.25, -0.2) is 0 Å². The molecule has 3 N–H and O–H groups in total. The van der Waals surface area contributed by atoms with Crippen LogP contribution in [0.3, 0.4) is 0 Å². The Morgan fingerprint density at radius 1 is 1.29 bits per heavy atom. The third-order valence-electron chi connectivity index (χ3n) is 3.77. The maximum absolute atomic E-state index is 9.53. The number of nitriles is 1. The van der Waals surface area contributed by atoms with E-state index >= 15 is 0 Å². The first-order valence-electron chi connectivity index (χ1n) is 7.71. The van der Waals surface area contributed by atoms with Crippen LogP contribution in [0.15, 0.2) is 35.7 Å². The smallest absolute Gasteiger partial charge is 0.244 e. The van der Waals surface area contributed by atoms with Gasteiger partial charge in [-0.15, -0.1) is 5.10 Å². The molecule has 1 aliphatic rings. The highest BCUT2D eigenvalue weighted by Gasteiger charge is 2.34. The summed E-state index contributed by atoms with van der Waals surface area (Å²) in [6.07, 6.45) is 0. The van der Waals surface area contributed by atoms with E-state index < -0.39 is 0 Å². The molecule has 2 heterocycles. The van der Waals surface area contributed by atoms with E-state index in [1.807, 2.05) is 52.0 Å². The van der Waals surface area contributed by atoms with Gasteiger partial charge in [-0.3, -0.25) is 5.10 Å². The SMILES string of the molecule is Cc1[nH]nc2c1C(c1ccc(OC(C)(C)C)cc1)C(C#N)=C(N)O2. The lowest BCUT2D eigenvalue weighted by Crippen LogP contribution is -2.23. The molecular formula is C18H20N4O2. The second-order valence-corrected chi connectivity index (χ2v) is 6.78. The fourth-order valence-corrected chi connectivity index (χ4v) is 2.81. The Morgan fingerprint density at radius 3 is 2.54 bits per heavy atom. The fraction of sp³-hybridized carbons (Fsp3) is 0.333. The monoisotopic (exact) mass is 324 g/mol. The zero-order valence-electron chi connectivity index (χ0n) is 14.2. The summed E-state index contributed by atoms with van der Waals surface area (Å²) in [6, 6.07) is 9.85. The zero-order chi connectivity index (χ0) is 17.5. The second-order valence-electron chi connectivity index (χ2n) is 6.78. The molecule has 6 heteroatoms. The summed E-state index contributed by atoms with van der Waals surface area (Å²) in [5, 5.41) is 16.5. The summed E-state index contributed by atoms with van der Waals surface area (Å²) >= 11 is 0. The molecule has 0 saturated carbocycles. The van der Waals surface area contributed by atoms with E-state index in [0.717, 1.165) is 22.6 Å². The van der Waals surface area contributed by atoms with Gasteiger partial charge in [0.1, 0.15) is 23.0 Å². The highest BCUT2D eigenvalue weighted by Crippen LogP contribution is 2.42. The van der Waals surface area contributed by atoms with Crippen LogP contribution in [0.5, 0.6) is 11.6 Å². The van der Waals surface area contributed by atoms with Crippen LogP contribution >= 0.6 is 0 Å². The average Bonchev–Trinajstić information content (AvgIpc) is 2.86. The standard InChI is InChI=1S/C18H20N4O2/c1-10-14-15(13(9-19)16(20)23-17(14)22-21-10)11-5-7-12(8-6-11)24-18(2,3)4/h5-8,15H,20H2,1-4H3,(H,21,22). The van der Waals surface area contributed by atoms with Crippen molar-refractivity contribution < 1.29 is 9.47 Å². The molecule has 0 aliphatic carbocycles. The minimum Gasteiger partial charge on any atom is -0.488 e. The van der Waals surface area contributed by atoms with E-state index in [0.29, 0.717) is 11.5 Å². The number of nitrogens with zero attached hydrogens (tertiary/aromatic N) is 2. The van der Waals surface area contributed by atoms with E-state index in [2.05, 4.69) is 16.3 Å². The summed E-state index contributed by atoms with van der Waals surface area (Å²) in [7, 11) is 0. The molecule has 1 unspecified atom stereocenters. The molecule has 2 aromatic rings. The highest BCUT2D eigenvalue weighted by molar-refractivity contribution is 5.55. The average molecular weight is 324 g/mol. The Balaban J connectivity index is 2.04. The molecule has 1 atom stereocenters. The Morgan fingerprint density at radius 2 is 1.96 bits per heavy atom. The Kier molecular flexibility index (Phi) is 3.72. The summed E-state index contributed by atoms with van der Waals surface area (Å²) in [5.74, 6) is 0.986. The van der Waals surface area contributed by atoms with E-state index in [4.69, 9.17) is 15.2 Å². The fourth-order valence-electron chi connectivity index (χ4n) is 2.81. The molecule has 3 rings (SSSR count). The third-order valence-corrected chi connectivity index (χ3v) is 3.77. The molecule has 1 aromatic heterocycles. The van der Waals surface area contributed by atoms with Crippen LogP contribution in [0.1, 0.15) is 43.5 Å². The lowest BCUT2D eigenvalue weighted by Gasteiger charge is -2.24. The van der Waals surface area contributed by atoms with Gasteiger partial charge in [-0.2, -0.15) is 5.26 Å². The highest BCUT2D eigenvalue weighted by atomic mass is 16.5. The van der Waals surface area contributed by atoms with Gasteiger partial charge in [0, 0.05) is 11.3 Å². The normalized spacial score (nSPS) is 17.0. The van der Waals surface area contributed by atoms with Crippen molar-refractivity contribution in [3.05, 3.63) is 52.5 Å². The van der Waals surface area contributed by atoms with Crippen molar-refractivity contribution in [2.75, 3.05) is 0 Å². The van der Waals surface area contributed by atoms with E-state index in [1.54, 1.807) is 0 Å². The van der Waals surface area contributed by atoms with E-state index in [-0.39, 0.29) is 17.4 Å². The van der Waals surface area contributed by atoms with Crippen LogP contribution in [0, 0.1) is 18.3 Å². The molecule has 6 nitrogen and oxygen atoms in total. The molecule has 0 saturated heterocycles. The van der Waals surface area contributed by atoms with Crippen molar-refractivity contribution >= 4 is 0 Å². The van der Waals surface area contributed by atoms with Crippen LogP contribution in [-0.4, -0.2) is 15.8 Å². The number of nitrogens with one attached hydrogen (secondary N) is 1. The van der Waals surface area contributed by atoms with Gasteiger partial charge in [-0.05, 0) is 45.4 Å². The van der Waals surface area contributed by atoms with Crippen molar-refractivity contribution in [2.45, 2.75) is 39.2 Å². The first-order chi connectivity index (χ1) is 11.3. The molecule has 124 valence electrons. The van der Waals surface area contributed by atoms with Crippen molar-refractivity contribution in [3.8, 4) is 17.7 Å². The number of ether oxygens (including phenoxy) is 2. The van der Waals surface area contributed by atoms with Gasteiger partial charge in [0.25, 0.3) is 0 Å². The van der Waals surface area contributed by atoms with Crippen molar-refractivity contribution in [2.24, 2.45) is 5.73 Å². The minimum atomic E-state index is -0.304. The molecule has 1 aromatic carbocycles. The first kappa shape index (κ1) is 15.9. The molecule has 0 spiro atoms. The number of aryl methyl sites for hydroxylation is 1. The van der Waals surface area contributed by atoms with Crippen LogP contribution in [0.4, 0.5) is 0 Å². The van der Waals surface area contributed by atoms with Gasteiger partial charge in [0.2, 0.25) is 11.8 Å². The summed E-state index contributed by atoms with van der Waals surface area (Å²) in [5.41, 5.74) is 8.65. The number of fused-ring (bicyclic) bond motifs is 1. The van der Waals surface area contributed by atoms with Gasteiger partial charge >= 0.3 is 0 Å². The number of rotatable bonds is 2. The van der Waals surface area contributed by atoms with Gasteiger partial charge in [0.05, 0.1) is 5.92 Å². The van der Waals surface area contributed by atoms with Crippen LogP contribution in [0.2, 0.25) is 0 Å². The Bertz CT molecular complexity index is 835. The number of hydrogen-bond acceptors (Lipinski definition) is 5. The number of benzene rings is 1. The van der Waals surface area contributed by atoms with Gasteiger partial charge in [-0.1, -0.05) is 12.1 Å². The topological polar surface area (TPSA) is 97.0 Å². The number of aromatic amines is 1. The number of aromatic nitrogens is 2. The molecule has 24 heavy (non-hydrogen) atoms. The molecule has 0 radical (unpaired) electrons. The largest absolute Gasteiger partial charge is 0.488 e. The number of allylic oxidation sites excluding steroid dienone is 1. The first-order valence-corrected chi connectivity index (χ1v) is 7.71. The van der Waals surface area contributed by atoms with E-state index in [1.165, 1.54) is 0 Å². The predicted molar refractivity (Wildman–Crippen MR) is 89.4 cm³/mol. The molecule has 1 aliphatic heterocycles. The zero-order valence-corrected chi connectivity index (χ0v) is 14.2. The number of hydrogen-bond donors (Lipinski definition) is 2. The molecule has 0 amide bonds. The van der Waals surface area contributed by atoms with Gasteiger partial charge in [0.15, 0.2) is 0 Å². The molecular weight excluding hydrogens is 304 g/mol. The predicted octanol–water partition coefficient (Wildman–Crippen LogP) is 3.11. The van der Waals surface area contributed by atoms with Gasteiger partial charge < -0.3 is 15.2 Å². The lowest BCUT2D eigenvalue weighted by atomic mass is 9.84. The van der Waals surface area contributed by atoms with Crippen LogP contribution in [-0.2, 0) is 0 Å². The summed E-state index contributed by atoms with van der Waals surface area (Å²) in [6.45, 7) is 7.89. The minimum absolute atomic E-state index is 0.0940. The number of nitrogens with two attached hydrogens (primary N) is 1. The summed E-state index contributed by atoms with van der Waals surface area (Å²) in [4.78, 5) is 0. The number of H-pyrrole nitrogens is 1.